The number of hydrogen-bond donors (Lipinski definition) is 0. The molecule has 0 saturated heterocycles. The molecule has 2 aromatic rings. The second kappa shape index (κ2) is 10.4. The van der Waals surface area contributed by atoms with Crippen LogP contribution in [-0.2, 0) is 9.53 Å². The maximum atomic E-state index is 11.1. The van der Waals surface area contributed by atoms with Gasteiger partial charge in [-0.05, 0) is 48.2 Å². The largest absolute Gasteiger partial charge is 0.493 e. The second-order valence-corrected chi connectivity index (χ2v) is 6.64. The molecule has 0 amide bonds. The molecule has 0 aliphatic heterocycles. The molecular weight excluding hydrogens is 340 g/mol. The van der Waals surface area contributed by atoms with Crippen molar-refractivity contribution in [3.63, 3.8) is 0 Å². The Balaban J connectivity index is 1.89. The Bertz CT molecular complexity index is 719. The Kier molecular flexibility index (Phi) is 7.93. The van der Waals surface area contributed by atoms with Gasteiger partial charge in [-0.3, -0.25) is 0 Å². The standard InChI is InChI=1S/C23H28O4/c1-5-17(3)15-25-21-11-7-19(8-12-21)20-9-13-22(14-10-20)26-16-18(4)27-23(24)6-2/h6-14,17-18H,2,5,15-16H2,1,3-4H3. The van der Waals surface area contributed by atoms with Gasteiger partial charge >= 0.3 is 5.97 Å². The molecule has 0 N–H and O–H groups in total. The number of carbonyl (C=O) groups is 1. The summed E-state index contributed by atoms with van der Waals surface area (Å²) in [5.74, 6) is 1.73. The Morgan fingerprint density at radius 3 is 1.85 bits per heavy atom. The van der Waals surface area contributed by atoms with E-state index in [9.17, 15) is 4.79 Å². The average Bonchev–Trinajstić information content (AvgIpc) is 2.71. The van der Waals surface area contributed by atoms with E-state index in [-0.39, 0.29) is 6.10 Å². The number of ether oxygens (including phenoxy) is 3. The lowest BCUT2D eigenvalue weighted by Crippen LogP contribution is -2.20. The van der Waals surface area contributed by atoms with Crippen molar-refractivity contribution in [2.75, 3.05) is 13.2 Å². The van der Waals surface area contributed by atoms with Gasteiger partial charge in [0.15, 0.2) is 0 Å². The molecule has 0 aliphatic carbocycles. The van der Waals surface area contributed by atoms with E-state index in [1.165, 1.54) is 0 Å². The van der Waals surface area contributed by atoms with Crippen molar-refractivity contribution in [3.05, 3.63) is 61.2 Å². The van der Waals surface area contributed by atoms with Crippen LogP contribution in [0.1, 0.15) is 27.2 Å². The lowest BCUT2D eigenvalue weighted by molar-refractivity contribution is -0.143. The fraction of sp³-hybridized carbons (Fsp3) is 0.348. The summed E-state index contributed by atoms with van der Waals surface area (Å²) in [6.07, 6.45) is 1.92. The summed E-state index contributed by atoms with van der Waals surface area (Å²) < 4.78 is 16.5. The number of benzene rings is 2. The number of rotatable bonds is 10. The minimum absolute atomic E-state index is 0.293. The van der Waals surface area contributed by atoms with Crippen molar-refractivity contribution in [2.45, 2.75) is 33.3 Å². The van der Waals surface area contributed by atoms with Gasteiger partial charge in [0.25, 0.3) is 0 Å². The molecule has 0 bridgehead atoms. The molecule has 27 heavy (non-hydrogen) atoms. The molecule has 0 fully saturated rings. The second-order valence-electron chi connectivity index (χ2n) is 6.64. The Labute approximate surface area is 161 Å². The zero-order valence-electron chi connectivity index (χ0n) is 16.3. The molecule has 2 rings (SSSR count). The highest BCUT2D eigenvalue weighted by atomic mass is 16.6. The van der Waals surface area contributed by atoms with Gasteiger partial charge in [0.2, 0.25) is 0 Å². The van der Waals surface area contributed by atoms with Gasteiger partial charge in [0.05, 0.1) is 6.61 Å². The zero-order valence-corrected chi connectivity index (χ0v) is 16.3. The molecule has 0 aromatic heterocycles. The Hall–Kier alpha value is -2.75. The van der Waals surface area contributed by atoms with Gasteiger partial charge in [-0.1, -0.05) is 51.1 Å². The highest BCUT2D eigenvalue weighted by Crippen LogP contribution is 2.25. The van der Waals surface area contributed by atoms with Crippen LogP contribution in [-0.4, -0.2) is 25.3 Å². The van der Waals surface area contributed by atoms with Crippen molar-refractivity contribution in [1.82, 2.24) is 0 Å². The summed E-state index contributed by atoms with van der Waals surface area (Å²) in [6.45, 7) is 10.5. The Morgan fingerprint density at radius 1 is 0.926 bits per heavy atom. The van der Waals surface area contributed by atoms with Crippen LogP contribution in [0.5, 0.6) is 11.5 Å². The first kappa shape index (κ1) is 20.6. The van der Waals surface area contributed by atoms with E-state index in [4.69, 9.17) is 14.2 Å². The van der Waals surface area contributed by atoms with Gasteiger partial charge in [0, 0.05) is 6.08 Å². The van der Waals surface area contributed by atoms with Crippen LogP contribution in [0.2, 0.25) is 0 Å². The van der Waals surface area contributed by atoms with Crippen LogP contribution in [0, 0.1) is 5.92 Å². The van der Waals surface area contributed by atoms with Crippen molar-refractivity contribution in [1.29, 1.82) is 0 Å². The molecule has 2 unspecified atom stereocenters. The van der Waals surface area contributed by atoms with Gasteiger partial charge in [-0.25, -0.2) is 4.79 Å². The monoisotopic (exact) mass is 368 g/mol. The summed E-state index contributed by atoms with van der Waals surface area (Å²) in [4.78, 5) is 11.1. The van der Waals surface area contributed by atoms with E-state index in [2.05, 4.69) is 32.6 Å². The van der Waals surface area contributed by atoms with E-state index in [0.717, 1.165) is 41.7 Å². The molecule has 0 radical (unpaired) electrons. The third-order valence-electron chi connectivity index (χ3n) is 4.24. The fourth-order valence-corrected chi connectivity index (χ4v) is 2.34. The van der Waals surface area contributed by atoms with E-state index >= 15 is 0 Å². The first-order valence-corrected chi connectivity index (χ1v) is 9.31. The first-order chi connectivity index (χ1) is 13.0. The summed E-state index contributed by atoms with van der Waals surface area (Å²) in [6, 6.07) is 15.9. The molecule has 0 aliphatic rings. The quantitative estimate of drug-likeness (QED) is 0.423. The SMILES string of the molecule is C=CC(=O)OC(C)COc1ccc(-c2ccc(OCC(C)CC)cc2)cc1. The summed E-state index contributed by atoms with van der Waals surface area (Å²) in [5.41, 5.74) is 2.22. The number of carbonyl (C=O) groups excluding carboxylic acids is 1. The predicted octanol–water partition coefficient (Wildman–Crippen LogP) is 5.28. The van der Waals surface area contributed by atoms with Crippen molar-refractivity contribution >= 4 is 5.97 Å². The molecule has 2 aromatic carbocycles. The maximum Gasteiger partial charge on any atom is 0.330 e. The molecule has 4 heteroatoms. The normalized spacial score (nSPS) is 12.7. The summed E-state index contributed by atoms with van der Waals surface area (Å²) in [5, 5.41) is 0. The number of esters is 1. The fourth-order valence-electron chi connectivity index (χ4n) is 2.34. The third kappa shape index (κ3) is 6.81. The van der Waals surface area contributed by atoms with Crippen molar-refractivity contribution in [3.8, 4) is 22.6 Å². The zero-order chi connectivity index (χ0) is 19.6. The maximum absolute atomic E-state index is 11.1. The smallest absolute Gasteiger partial charge is 0.330 e. The van der Waals surface area contributed by atoms with Crippen LogP contribution in [0.4, 0.5) is 0 Å². The Morgan fingerprint density at radius 2 is 1.41 bits per heavy atom. The van der Waals surface area contributed by atoms with Crippen LogP contribution in [0.3, 0.4) is 0 Å². The molecule has 4 nitrogen and oxygen atoms in total. The first-order valence-electron chi connectivity index (χ1n) is 9.31. The van der Waals surface area contributed by atoms with Crippen LogP contribution in [0.15, 0.2) is 61.2 Å². The van der Waals surface area contributed by atoms with Gasteiger partial charge in [0.1, 0.15) is 24.2 Å². The van der Waals surface area contributed by atoms with E-state index in [0.29, 0.717) is 12.5 Å². The highest BCUT2D eigenvalue weighted by Gasteiger charge is 2.08. The van der Waals surface area contributed by atoms with Crippen molar-refractivity contribution < 1.29 is 19.0 Å². The van der Waals surface area contributed by atoms with Crippen LogP contribution >= 0.6 is 0 Å². The molecule has 2 atom stereocenters. The topological polar surface area (TPSA) is 44.8 Å². The summed E-state index contributed by atoms with van der Waals surface area (Å²) in [7, 11) is 0. The molecule has 0 heterocycles. The van der Waals surface area contributed by atoms with Gasteiger partial charge in [-0.2, -0.15) is 0 Å². The minimum atomic E-state index is -0.446. The lowest BCUT2D eigenvalue weighted by Gasteiger charge is -2.14. The van der Waals surface area contributed by atoms with Crippen LogP contribution in [0.25, 0.3) is 11.1 Å². The lowest BCUT2D eigenvalue weighted by atomic mass is 10.1. The third-order valence-corrected chi connectivity index (χ3v) is 4.24. The van der Waals surface area contributed by atoms with E-state index in [1.807, 2.05) is 36.4 Å². The van der Waals surface area contributed by atoms with E-state index < -0.39 is 5.97 Å². The van der Waals surface area contributed by atoms with Gasteiger partial charge < -0.3 is 14.2 Å². The molecule has 0 spiro atoms. The van der Waals surface area contributed by atoms with Gasteiger partial charge in [-0.15, -0.1) is 0 Å². The van der Waals surface area contributed by atoms with E-state index in [1.54, 1.807) is 6.92 Å². The molecular formula is C23H28O4. The molecule has 144 valence electrons. The predicted molar refractivity (Wildman–Crippen MR) is 108 cm³/mol. The minimum Gasteiger partial charge on any atom is -0.493 e. The van der Waals surface area contributed by atoms with Crippen molar-refractivity contribution in [2.24, 2.45) is 5.92 Å². The highest BCUT2D eigenvalue weighted by molar-refractivity contribution is 5.81. The average molecular weight is 368 g/mol. The number of hydrogen-bond acceptors (Lipinski definition) is 4. The van der Waals surface area contributed by atoms with Crippen LogP contribution < -0.4 is 9.47 Å². The molecule has 0 saturated carbocycles. The summed E-state index contributed by atoms with van der Waals surface area (Å²) >= 11 is 0.